The number of carboxylic acid groups (broad SMARTS) is 1. The summed E-state index contributed by atoms with van der Waals surface area (Å²) in [4.78, 5) is 28.2. The topological polar surface area (TPSA) is 122 Å². The fourth-order valence-electron chi connectivity index (χ4n) is 4.11. The molecule has 37 heavy (non-hydrogen) atoms. The third-order valence-corrected chi connectivity index (χ3v) is 9.78. The molecule has 0 spiro atoms. The minimum absolute atomic E-state index is 0.0397. The number of fused-ring (bicyclic) bond motifs is 1. The largest absolute Gasteiger partial charge is 0.480 e. The summed E-state index contributed by atoms with van der Waals surface area (Å²) >= 11 is 7.09. The number of piperazine rings is 1. The van der Waals surface area contributed by atoms with Crippen molar-refractivity contribution in [2.75, 3.05) is 33.2 Å². The minimum Gasteiger partial charge on any atom is -0.480 e. The number of likely N-dealkylation sites (N-methyl/N-ethyl adjacent to an activating group) is 1. The van der Waals surface area contributed by atoms with Gasteiger partial charge >= 0.3 is 5.97 Å². The summed E-state index contributed by atoms with van der Waals surface area (Å²) in [5.41, 5.74) is 0.850. The van der Waals surface area contributed by atoms with Crippen LogP contribution in [-0.2, 0) is 14.8 Å². The van der Waals surface area contributed by atoms with Crippen LogP contribution < -0.4 is 0 Å². The maximum absolute atomic E-state index is 13.3. The molecule has 194 valence electrons. The van der Waals surface area contributed by atoms with Crippen LogP contribution >= 0.6 is 22.9 Å². The molecule has 1 unspecified atom stereocenters. The third kappa shape index (κ3) is 5.40. The fourth-order valence-corrected chi connectivity index (χ4v) is 7.37. The maximum Gasteiger partial charge on any atom is 0.327 e. The molecule has 2 N–H and O–H groups in total. The van der Waals surface area contributed by atoms with Crippen molar-refractivity contribution in [2.24, 2.45) is 0 Å². The SMILES string of the molecule is C=CCN(C)C(=N)c1ccc(C(=O)N2CCN(S(=O)(=O)c3cc4ccc(Cl)cc4s3)CC2C(=O)O)cc1. The Kier molecular flexibility index (Phi) is 7.69. The smallest absolute Gasteiger partial charge is 0.327 e. The molecule has 3 aromatic rings. The number of amidine groups is 1. The number of hydrogen-bond acceptors (Lipinski definition) is 6. The highest BCUT2D eigenvalue weighted by molar-refractivity contribution is 7.91. The Balaban J connectivity index is 1.53. The lowest BCUT2D eigenvalue weighted by molar-refractivity contribution is -0.143. The Hall–Kier alpha value is -3.25. The molecule has 0 bridgehead atoms. The van der Waals surface area contributed by atoms with E-state index in [-0.39, 0.29) is 35.2 Å². The lowest BCUT2D eigenvalue weighted by atomic mass is 10.1. The van der Waals surface area contributed by atoms with Gasteiger partial charge < -0.3 is 14.9 Å². The summed E-state index contributed by atoms with van der Waals surface area (Å²) in [5, 5.41) is 19.3. The van der Waals surface area contributed by atoms with Crippen molar-refractivity contribution >= 4 is 60.8 Å². The van der Waals surface area contributed by atoms with Crippen LogP contribution in [0.15, 0.2) is 65.4 Å². The molecule has 0 aliphatic carbocycles. The first-order valence-corrected chi connectivity index (χ1v) is 13.9. The summed E-state index contributed by atoms with van der Waals surface area (Å²) in [5.74, 6) is -1.55. The minimum atomic E-state index is -3.97. The van der Waals surface area contributed by atoms with Gasteiger partial charge in [-0.1, -0.05) is 35.9 Å². The van der Waals surface area contributed by atoms with Crippen LogP contribution in [0.1, 0.15) is 15.9 Å². The monoisotopic (exact) mass is 560 g/mol. The molecule has 0 saturated carbocycles. The summed E-state index contributed by atoms with van der Waals surface area (Å²) in [6.07, 6.45) is 1.68. The van der Waals surface area contributed by atoms with E-state index >= 15 is 0 Å². The maximum atomic E-state index is 13.3. The molecule has 0 radical (unpaired) electrons. The molecule has 12 heteroatoms. The Labute approximate surface area is 223 Å². The molecule has 1 amide bonds. The lowest BCUT2D eigenvalue weighted by Crippen LogP contribution is -2.59. The quantitative estimate of drug-likeness (QED) is 0.259. The molecule has 1 aliphatic rings. The number of amides is 1. The number of benzene rings is 2. The second-order valence-corrected chi connectivity index (χ2v) is 12.2. The first kappa shape index (κ1) is 26.8. The number of rotatable bonds is 7. The number of nitrogens with zero attached hydrogens (tertiary/aromatic N) is 3. The van der Waals surface area contributed by atoms with Gasteiger partial charge in [0.15, 0.2) is 0 Å². The predicted molar refractivity (Wildman–Crippen MR) is 144 cm³/mol. The molecule has 1 saturated heterocycles. The van der Waals surface area contributed by atoms with Gasteiger partial charge in [0.2, 0.25) is 0 Å². The van der Waals surface area contributed by atoms with E-state index in [0.717, 1.165) is 21.0 Å². The number of halogens is 1. The molecule has 2 heterocycles. The van der Waals surface area contributed by atoms with Crippen molar-refractivity contribution in [3.8, 4) is 0 Å². The summed E-state index contributed by atoms with van der Waals surface area (Å²) in [7, 11) is -2.22. The van der Waals surface area contributed by atoms with Crippen molar-refractivity contribution in [3.05, 3.63) is 77.3 Å². The van der Waals surface area contributed by atoms with Gasteiger partial charge in [0.25, 0.3) is 15.9 Å². The van der Waals surface area contributed by atoms with E-state index in [4.69, 9.17) is 17.0 Å². The molecular formula is C25H25ClN4O5S2. The zero-order valence-corrected chi connectivity index (χ0v) is 22.3. The third-order valence-electron chi connectivity index (χ3n) is 6.13. The highest BCUT2D eigenvalue weighted by atomic mass is 35.5. The summed E-state index contributed by atoms with van der Waals surface area (Å²) in [6.45, 7) is 3.66. The van der Waals surface area contributed by atoms with Gasteiger partial charge in [-0.05, 0) is 35.7 Å². The molecule has 9 nitrogen and oxygen atoms in total. The van der Waals surface area contributed by atoms with E-state index < -0.39 is 27.9 Å². The number of sulfonamides is 1. The van der Waals surface area contributed by atoms with E-state index in [9.17, 15) is 23.1 Å². The number of carbonyl (C=O) groups excluding carboxylic acids is 1. The average Bonchev–Trinajstić information content (AvgIpc) is 3.32. The summed E-state index contributed by atoms with van der Waals surface area (Å²) in [6, 6.07) is 11.6. The molecule has 1 atom stereocenters. The molecular weight excluding hydrogens is 536 g/mol. The van der Waals surface area contributed by atoms with Crippen molar-refractivity contribution in [1.82, 2.24) is 14.1 Å². The lowest BCUT2D eigenvalue weighted by Gasteiger charge is -2.38. The van der Waals surface area contributed by atoms with Crippen LogP contribution in [0.4, 0.5) is 0 Å². The number of hydrogen-bond donors (Lipinski definition) is 2. The number of aliphatic carboxylic acids is 1. The first-order valence-electron chi connectivity index (χ1n) is 11.3. The molecule has 2 aromatic carbocycles. The number of carboxylic acids is 1. The molecule has 1 fully saturated rings. The highest BCUT2D eigenvalue weighted by Gasteiger charge is 2.40. The average molecular weight is 561 g/mol. The number of nitrogens with one attached hydrogen (secondary N) is 1. The zero-order chi connectivity index (χ0) is 26.9. The van der Waals surface area contributed by atoms with Crippen LogP contribution in [0, 0.1) is 5.41 Å². The van der Waals surface area contributed by atoms with E-state index in [2.05, 4.69) is 6.58 Å². The molecule has 1 aliphatic heterocycles. The Morgan fingerprint density at radius 2 is 1.86 bits per heavy atom. The van der Waals surface area contributed by atoms with Gasteiger partial charge in [0.1, 0.15) is 16.1 Å². The van der Waals surface area contributed by atoms with Crippen molar-refractivity contribution in [2.45, 2.75) is 10.3 Å². The zero-order valence-electron chi connectivity index (χ0n) is 19.9. The van der Waals surface area contributed by atoms with Gasteiger partial charge in [-0.3, -0.25) is 10.2 Å². The van der Waals surface area contributed by atoms with Gasteiger partial charge in [-0.2, -0.15) is 4.31 Å². The van der Waals surface area contributed by atoms with E-state index in [1.165, 1.54) is 17.0 Å². The van der Waals surface area contributed by atoms with Crippen LogP contribution in [0.3, 0.4) is 0 Å². The molecule has 1 aromatic heterocycles. The van der Waals surface area contributed by atoms with Crippen LogP contribution in [0.2, 0.25) is 5.02 Å². The van der Waals surface area contributed by atoms with Crippen LogP contribution in [0.5, 0.6) is 0 Å². The van der Waals surface area contributed by atoms with Crippen molar-refractivity contribution in [3.63, 3.8) is 0 Å². The molecule has 4 rings (SSSR count). The Morgan fingerprint density at radius 3 is 2.51 bits per heavy atom. The van der Waals surface area contributed by atoms with Crippen molar-refractivity contribution in [1.29, 1.82) is 5.41 Å². The van der Waals surface area contributed by atoms with Gasteiger partial charge in [-0.15, -0.1) is 17.9 Å². The first-order chi connectivity index (χ1) is 17.5. The van der Waals surface area contributed by atoms with Gasteiger partial charge in [0, 0.05) is 54.1 Å². The van der Waals surface area contributed by atoms with E-state index in [1.54, 1.807) is 54.4 Å². The second kappa shape index (κ2) is 10.6. The van der Waals surface area contributed by atoms with Crippen LogP contribution in [-0.4, -0.2) is 84.6 Å². The van der Waals surface area contributed by atoms with E-state index in [0.29, 0.717) is 21.8 Å². The predicted octanol–water partition coefficient (Wildman–Crippen LogP) is 3.60. The summed E-state index contributed by atoms with van der Waals surface area (Å²) < 4.78 is 28.6. The number of carbonyl (C=O) groups is 2. The Bertz CT molecular complexity index is 1490. The number of thiophene rings is 1. The van der Waals surface area contributed by atoms with Crippen molar-refractivity contribution < 1.29 is 23.1 Å². The highest BCUT2D eigenvalue weighted by Crippen LogP contribution is 2.33. The van der Waals surface area contributed by atoms with Gasteiger partial charge in [0.05, 0.1) is 0 Å². The van der Waals surface area contributed by atoms with Gasteiger partial charge in [-0.25, -0.2) is 13.2 Å². The normalized spacial score (nSPS) is 16.5. The Morgan fingerprint density at radius 1 is 1.19 bits per heavy atom. The van der Waals surface area contributed by atoms with E-state index in [1.807, 2.05) is 0 Å². The second-order valence-electron chi connectivity index (χ2n) is 8.56. The standard InChI is InChI=1S/C25H25ClN4O5S2/c1-3-10-28(2)23(27)16-4-6-17(7-5-16)24(31)30-12-11-29(15-20(30)25(32)33)37(34,35)22-13-18-8-9-19(26)14-21(18)36-22/h3-9,13-14,20,27H,1,10-12,15H2,2H3,(H,32,33). The van der Waals surface area contributed by atoms with Crippen LogP contribution in [0.25, 0.3) is 10.1 Å². The fraction of sp³-hybridized carbons (Fsp3) is 0.240.